The summed E-state index contributed by atoms with van der Waals surface area (Å²) in [6, 6.07) is 1.80. The normalized spacial score (nSPS) is 10.9. The molecule has 15 heavy (non-hydrogen) atoms. The molecule has 8 heteroatoms. The predicted molar refractivity (Wildman–Crippen MR) is 40.0 cm³/mol. The summed E-state index contributed by atoms with van der Waals surface area (Å²) in [4.78, 5) is 2.90. The Kier molecular flexibility index (Phi) is 2.65. The average Bonchev–Trinajstić information content (AvgIpc) is 2.08. The maximum atomic E-state index is 12.7. The van der Waals surface area contributed by atoms with E-state index in [0.29, 0.717) is 6.07 Å². The number of rotatable bonds is 1. The fourth-order valence-corrected chi connectivity index (χ4v) is 0.770. The number of hydrogen-bond acceptors (Lipinski definition) is 4. The van der Waals surface area contributed by atoms with Gasteiger partial charge in [-0.05, 0) is 0 Å². The third-order valence-electron chi connectivity index (χ3n) is 1.30. The number of nitrogen functional groups attached to an aromatic ring is 1. The van der Waals surface area contributed by atoms with Gasteiger partial charge in [0.05, 0.1) is 5.69 Å². The molecule has 0 aliphatic heterocycles. The first-order valence-corrected chi connectivity index (χ1v) is 3.45. The zero-order valence-electron chi connectivity index (χ0n) is 6.97. The Labute approximate surface area is 80.9 Å². The number of ether oxygens (including phenoxy) is 1. The van der Waals surface area contributed by atoms with Crippen LogP contribution in [0.25, 0.3) is 0 Å². The second-order valence-corrected chi connectivity index (χ2v) is 2.37. The number of anilines is 1. The van der Waals surface area contributed by atoms with Gasteiger partial charge >= 0.3 is 6.36 Å². The number of nitrogens with zero attached hydrogens (tertiary/aromatic N) is 2. The first kappa shape index (κ1) is 11.0. The molecule has 0 amide bonds. The van der Waals surface area contributed by atoms with Crippen LogP contribution < -0.4 is 10.5 Å². The van der Waals surface area contributed by atoms with E-state index in [0.717, 1.165) is 0 Å². The summed E-state index contributed by atoms with van der Waals surface area (Å²) in [5.74, 6) is -2.15. The van der Waals surface area contributed by atoms with Crippen molar-refractivity contribution in [1.82, 2.24) is 4.98 Å². The van der Waals surface area contributed by atoms with Gasteiger partial charge in [0, 0.05) is 6.07 Å². The van der Waals surface area contributed by atoms with Gasteiger partial charge < -0.3 is 10.5 Å². The van der Waals surface area contributed by atoms with E-state index in [4.69, 9.17) is 11.0 Å². The van der Waals surface area contributed by atoms with Gasteiger partial charge in [-0.2, -0.15) is 9.65 Å². The molecule has 1 heterocycles. The highest BCUT2D eigenvalue weighted by Gasteiger charge is 2.33. The zero-order chi connectivity index (χ0) is 11.6. The molecule has 0 aliphatic carbocycles. The van der Waals surface area contributed by atoms with Crippen LogP contribution >= 0.6 is 0 Å². The van der Waals surface area contributed by atoms with Crippen LogP contribution in [0.3, 0.4) is 0 Å². The molecule has 0 aromatic carbocycles. The van der Waals surface area contributed by atoms with E-state index in [1.165, 1.54) is 6.07 Å². The Morgan fingerprint density at radius 2 is 2.07 bits per heavy atom. The molecular weight excluding hydrogens is 218 g/mol. The van der Waals surface area contributed by atoms with Gasteiger partial charge in [0.15, 0.2) is 11.4 Å². The van der Waals surface area contributed by atoms with Crippen molar-refractivity contribution < 1.29 is 22.3 Å². The second-order valence-electron chi connectivity index (χ2n) is 2.37. The van der Waals surface area contributed by atoms with Crippen LogP contribution in [0.4, 0.5) is 23.2 Å². The number of alkyl halides is 3. The van der Waals surface area contributed by atoms with E-state index < -0.39 is 29.4 Å². The molecule has 0 unspecified atom stereocenters. The highest BCUT2D eigenvalue weighted by atomic mass is 19.4. The molecule has 0 saturated heterocycles. The van der Waals surface area contributed by atoms with Crippen molar-refractivity contribution in [3.63, 3.8) is 0 Å². The highest BCUT2D eigenvalue weighted by Crippen LogP contribution is 2.27. The summed E-state index contributed by atoms with van der Waals surface area (Å²) < 4.78 is 51.5. The van der Waals surface area contributed by atoms with Gasteiger partial charge in [-0.25, -0.2) is 4.98 Å². The van der Waals surface area contributed by atoms with Crippen molar-refractivity contribution in [2.75, 3.05) is 5.73 Å². The lowest BCUT2D eigenvalue weighted by Gasteiger charge is -2.10. The van der Waals surface area contributed by atoms with E-state index in [2.05, 4.69) is 9.72 Å². The molecule has 1 aromatic heterocycles. The molecule has 1 aromatic rings. The van der Waals surface area contributed by atoms with E-state index >= 15 is 0 Å². The van der Waals surface area contributed by atoms with Gasteiger partial charge in [-0.3, -0.25) is 0 Å². The second kappa shape index (κ2) is 3.61. The first-order valence-electron chi connectivity index (χ1n) is 3.45. The van der Waals surface area contributed by atoms with Gasteiger partial charge in [0.2, 0.25) is 5.95 Å². The number of hydrogen-bond donors (Lipinski definition) is 1. The summed E-state index contributed by atoms with van der Waals surface area (Å²) in [5.41, 5.74) is 3.52. The van der Waals surface area contributed by atoms with Crippen molar-refractivity contribution in [2.45, 2.75) is 6.36 Å². The molecule has 80 valence electrons. The minimum atomic E-state index is -4.99. The van der Waals surface area contributed by atoms with Crippen LogP contribution in [0.15, 0.2) is 6.07 Å². The third-order valence-corrected chi connectivity index (χ3v) is 1.30. The molecule has 0 aliphatic rings. The minimum absolute atomic E-state index is 0.550. The molecule has 0 radical (unpaired) electrons. The summed E-state index contributed by atoms with van der Waals surface area (Å²) in [6.45, 7) is 0. The van der Waals surface area contributed by atoms with Crippen LogP contribution in [-0.2, 0) is 0 Å². The minimum Gasteiger partial charge on any atom is -0.403 e. The van der Waals surface area contributed by atoms with Crippen molar-refractivity contribution in [1.29, 1.82) is 5.26 Å². The third kappa shape index (κ3) is 2.70. The van der Waals surface area contributed by atoms with Gasteiger partial charge in [0.25, 0.3) is 0 Å². The van der Waals surface area contributed by atoms with Crippen LogP contribution in [0, 0.1) is 17.3 Å². The van der Waals surface area contributed by atoms with E-state index in [9.17, 15) is 17.6 Å². The van der Waals surface area contributed by atoms with Crippen LogP contribution in [0.5, 0.6) is 5.75 Å². The van der Waals surface area contributed by atoms with E-state index in [1.807, 2.05) is 0 Å². The quantitative estimate of drug-likeness (QED) is 0.577. The topological polar surface area (TPSA) is 71.9 Å². The van der Waals surface area contributed by atoms with Crippen LogP contribution in [0.2, 0.25) is 0 Å². The Morgan fingerprint density at radius 3 is 2.53 bits per heavy atom. The molecule has 2 N–H and O–H groups in total. The largest absolute Gasteiger partial charge is 0.573 e. The SMILES string of the molecule is N#Cc1nc(F)c(N)cc1OC(F)(F)F. The lowest BCUT2D eigenvalue weighted by Crippen LogP contribution is -2.18. The molecule has 0 saturated carbocycles. The molecule has 0 fully saturated rings. The summed E-state index contributed by atoms with van der Waals surface area (Å²) >= 11 is 0. The molecular formula is C7H3F4N3O. The molecule has 0 spiro atoms. The number of nitriles is 1. The molecule has 0 bridgehead atoms. The Morgan fingerprint density at radius 1 is 1.47 bits per heavy atom. The summed E-state index contributed by atoms with van der Waals surface area (Å²) in [5, 5.41) is 8.36. The van der Waals surface area contributed by atoms with Gasteiger partial charge in [0.1, 0.15) is 6.07 Å². The number of aromatic nitrogens is 1. The van der Waals surface area contributed by atoms with Crippen molar-refractivity contribution in [3.8, 4) is 11.8 Å². The lowest BCUT2D eigenvalue weighted by atomic mass is 10.3. The average molecular weight is 221 g/mol. The number of halogens is 4. The standard InChI is InChI=1S/C7H3F4N3O/c8-6-3(13)1-5(4(2-12)14-6)15-7(9,10)11/h1H,13H2. The highest BCUT2D eigenvalue weighted by molar-refractivity contribution is 5.48. The van der Waals surface area contributed by atoms with Gasteiger partial charge in [-0.15, -0.1) is 13.2 Å². The summed E-state index contributed by atoms with van der Waals surface area (Å²) in [7, 11) is 0. The van der Waals surface area contributed by atoms with Gasteiger partial charge in [-0.1, -0.05) is 0 Å². The predicted octanol–water partition coefficient (Wildman–Crippen LogP) is 1.57. The van der Waals surface area contributed by atoms with Crippen molar-refractivity contribution in [3.05, 3.63) is 17.7 Å². The first-order chi connectivity index (χ1) is 6.83. The molecule has 4 nitrogen and oxygen atoms in total. The van der Waals surface area contributed by atoms with E-state index in [-0.39, 0.29) is 0 Å². The maximum Gasteiger partial charge on any atom is 0.573 e. The van der Waals surface area contributed by atoms with Crippen molar-refractivity contribution in [2.24, 2.45) is 0 Å². The monoisotopic (exact) mass is 221 g/mol. The zero-order valence-corrected chi connectivity index (χ0v) is 6.97. The van der Waals surface area contributed by atoms with Crippen LogP contribution in [0.1, 0.15) is 5.69 Å². The maximum absolute atomic E-state index is 12.7. The lowest BCUT2D eigenvalue weighted by molar-refractivity contribution is -0.274. The Bertz CT molecular complexity index is 423. The van der Waals surface area contributed by atoms with Crippen LogP contribution in [-0.4, -0.2) is 11.3 Å². The number of pyridine rings is 1. The molecule has 0 atom stereocenters. The fourth-order valence-electron chi connectivity index (χ4n) is 0.770. The molecule has 1 rings (SSSR count). The fraction of sp³-hybridized carbons (Fsp3) is 0.143. The van der Waals surface area contributed by atoms with E-state index in [1.54, 1.807) is 0 Å². The smallest absolute Gasteiger partial charge is 0.403 e. The Hall–Kier alpha value is -2.04. The number of nitrogens with two attached hydrogens (primary N) is 1. The summed E-state index contributed by atoms with van der Waals surface area (Å²) in [6.07, 6.45) is -4.99. The van der Waals surface area contributed by atoms with Crippen molar-refractivity contribution >= 4 is 5.69 Å². The Balaban J connectivity index is 3.18.